The largest absolute Gasteiger partial charge is 0.387 e. The Hall–Kier alpha value is -1.74. The molecule has 1 atom stereocenters. The first-order valence-electron chi connectivity index (χ1n) is 6.74. The van der Waals surface area contributed by atoms with Crippen molar-refractivity contribution in [2.24, 2.45) is 0 Å². The van der Waals surface area contributed by atoms with Crippen molar-refractivity contribution in [3.8, 4) is 0 Å². The van der Waals surface area contributed by atoms with Crippen LogP contribution in [0.2, 0.25) is 0 Å². The standard InChI is InChI=1S/C17H16F2O/c1-11-7-8-13(18)14(15(11)19)16(20)17(9-10-17)12-5-3-2-4-6-12/h2-8,16,20H,9-10H2,1H3. The molecule has 0 aliphatic heterocycles. The third kappa shape index (κ3) is 1.93. The lowest BCUT2D eigenvalue weighted by Crippen LogP contribution is -2.21. The molecule has 1 saturated carbocycles. The Balaban J connectivity index is 2.06. The highest BCUT2D eigenvalue weighted by Crippen LogP contribution is 2.57. The fourth-order valence-corrected chi connectivity index (χ4v) is 2.83. The van der Waals surface area contributed by atoms with Gasteiger partial charge in [-0.1, -0.05) is 36.4 Å². The van der Waals surface area contributed by atoms with E-state index in [1.54, 1.807) is 6.92 Å². The van der Waals surface area contributed by atoms with Gasteiger partial charge in [0.1, 0.15) is 11.6 Å². The number of halogens is 2. The van der Waals surface area contributed by atoms with Crippen LogP contribution in [0.25, 0.3) is 0 Å². The molecule has 0 saturated heterocycles. The number of hydrogen-bond donors (Lipinski definition) is 1. The highest BCUT2D eigenvalue weighted by Gasteiger charge is 2.52. The number of rotatable bonds is 3. The summed E-state index contributed by atoms with van der Waals surface area (Å²) in [4.78, 5) is 0. The zero-order valence-electron chi connectivity index (χ0n) is 11.2. The van der Waals surface area contributed by atoms with Crippen molar-refractivity contribution in [1.82, 2.24) is 0 Å². The summed E-state index contributed by atoms with van der Waals surface area (Å²) in [5, 5.41) is 10.6. The smallest absolute Gasteiger partial charge is 0.134 e. The summed E-state index contributed by atoms with van der Waals surface area (Å²) in [5.41, 5.74) is 0.542. The van der Waals surface area contributed by atoms with E-state index < -0.39 is 23.2 Å². The minimum atomic E-state index is -1.15. The number of aryl methyl sites for hydroxylation is 1. The topological polar surface area (TPSA) is 20.2 Å². The van der Waals surface area contributed by atoms with E-state index in [1.807, 2.05) is 30.3 Å². The molecule has 2 aromatic carbocycles. The Bertz CT molecular complexity index is 633. The first kappa shape index (κ1) is 13.3. The Morgan fingerprint density at radius 3 is 2.30 bits per heavy atom. The average molecular weight is 274 g/mol. The van der Waals surface area contributed by atoms with Crippen LogP contribution in [-0.4, -0.2) is 5.11 Å². The van der Waals surface area contributed by atoms with Gasteiger partial charge in [0.15, 0.2) is 0 Å². The second-order valence-electron chi connectivity index (χ2n) is 5.52. The zero-order valence-corrected chi connectivity index (χ0v) is 11.2. The van der Waals surface area contributed by atoms with Crippen molar-refractivity contribution in [1.29, 1.82) is 0 Å². The molecule has 3 rings (SSSR count). The van der Waals surface area contributed by atoms with Crippen LogP contribution in [0.1, 0.15) is 35.6 Å². The zero-order chi connectivity index (χ0) is 14.3. The van der Waals surface area contributed by atoms with Gasteiger partial charge in [-0.05, 0) is 37.0 Å². The fraction of sp³-hybridized carbons (Fsp3) is 0.294. The third-order valence-corrected chi connectivity index (χ3v) is 4.25. The van der Waals surface area contributed by atoms with Gasteiger partial charge in [0.25, 0.3) is 0 Å². The molecule has 0 radical (unpaired) electrons. The van der Waals surface area contributed by atoms with E-state index in [1.165, 1.54) is 12.1 Å². The Labute approximate surface area is 116 Å². The van der Waals surface area contributed by atoms with Crippen LogP contribution in [0, 0.1) is 18.6 Å². The first-order valence-corrected chi connectivity index (χ1v) is 6.74. The van der Waals surface area contributed by atoms with Crippen LogP contribution in [0.3, 0.4) is 0 Å². The quantitative estimate of drug-likeness (QED) is 0.895. The molecule has 1 aliphatic carbocycles. The lowest BCUT2D eigenvalue weighted by Gasteiger charge is -2.24. The molecule has 0 aromatic heterocycles. The van der Waals surface area contributed by atoms with E-state index in [-0.39, 0.29) is 5.56 Å². The third-order valence-electron chi connectivity index (χ3n) is 4.25. The summed E-state index contributed by atoms with van der Waals surface area (Å²) in [6.45, 7) is 1.58. The normalized spacial score (nSPS) is 17.8. The minimum absolute atomic E-state index is 0.202. The molecule has 104 valence electrons. The summed E-state index contributed by atoms with van der Waals surface area (Å²) in [7, 11) is 0. The van der Waals surface area contributed by atoms with Crippen LogP contribution in [-0.2, 0) is 5.41 Å². The highest BCUT2D eigenvalue weighted by molar-refractivity contribution is 5.39. The lowest BCUT2D eigenvalue weighted by molar-refractivity contribution is 0.124. The summed E-state index contributed by atoms with van der Waals surface area (Å²) < 4.78 is 28.1. The van der Waals surface area contributed by atoms with Gasteiger partial charge in [0.05, 0.1) is 11.7 Å². The maximum absolute atomic E-state index is 14.2. The number of aliphatic hydroxyl groups excluding tert-OH is 1. The Kier molecular flexibility index (Phi) is 3.09. The van der Waals surface area contributed by atoms with E-state index in [0.29, 0.717) is 5.56 Å². The van der Waals surface area contributed by atoms with Crippen molar-refractivity contribution in [3.05, 3.63) is 70.8 Å². The molecule has 2 aromatic rings. The number of aliphatic hydroxyl groups is 1. The van der Waals surface area contributed by atoms with Crippen molar-refractivity contribution >= 4 is 0 Å². The van der Waals surface area contributed by atoms with E-state index >= 15 is 0 Å². The molecule has 1 unspecified atom stereocenters. The van der Waals surface area contributed by atoms with Crippen LogP contribution in [0.4, 0.5) is 8.78 Å². The van der Waals surface area contributed by atoms with Gasteiger partial charge in [-0.15, -0.1) is 0 Å². The van der Waals surface area contributed by atoms with Gasteiger partial charge in [-0.2, -0.15) is 0 Å². The molecule has 0 heterocycles. The highest BCUT2D eigenvalue weighted by atomic mass is 19.1. The molecule has 0 amide bonds. The SMILES string of the molecule is Cc1ccc(F)c(C(O)C2(c3ccccc3)CC2)c1F. The molecule has 0 bridgehead atoms. The summed E-state index contributed by atoms with van der Waals surface area (Å²) >= 11 is 0. The van der Waals surface area contributed by atoms with Gasteiger partial charge in [0.2, 0.25) is 0 Å². The summed E-state index contributed by atoms with van der Waals surface area (Å²) in [6, 6.07) is 12.1. The van der Waals surface area contributed by atoms with E-state index in [9.17, 15) is 13.9 Å². The molecular formula is C17H16F2O. The van der Waals surface area contributed by atoms with Gasteiger partial charge < -0.3 is 5.11 Å². The summed E-state index contributed by atoms with van der Waals surface area (Å²) in [5.74, 6) is -1.32. The Morgan fingerprint density at radius 1 is 1.05 bits per heavy atom. The molecule has 3 heteroatoms. The minimum Gasteiger partial charge on any atom is -0.387 e. The Morgan fingerprint density at radius 2 is 1.70 bits per heavy atom. The van der Waals surface area contributed by atoms with Crippen LogP contribution < -0.4 is 0 Å². The molecular weight excluding hydrogens is 258 g/mol. The van der Waals surface area contributed by atoms with Gasteiger partial charge in [0, 0.05) is 5.41 Å². The van der Waals surface area contributed by atoms with Gasteiger partial charge in [-0.25, -0.2) is 8.78 Å². The van der Waals surface area contributed by atoms with Crippen molar-refractivity contribution in [2.45, 2.75) is 31.3 Å². The summed E-state index contributed by atoms with van der Waals surface area (Å²) in [6.07, 6.45) is 0.334. The molecule has 0 spiro atoms. The molecule has 1 fully saturated rings. The van der Waals surface area contributed by atoms with Crippen LogP contribution in [0.5, 0.6) is 0 Å². The van der Waals surface area contributed by atoms with Crippen LogP contribution >= 0.6 is 0 Å². The van der Waals surface area contributed by atoms with Gasteiger partial charge >= 0.3 is 0 Å². The van der Waals surface area contributed by atoms with Crippen molar-refractivity contribution < 1.29 is 13.9 Å². The molecule has 20 heavy (non-hydrogen) atoms. The monoisotopic (exact) mass is 274 g/mol. The average Bonchev–Trinajstić information content (AvgIpc) is 3.26. The molecule has 1 N–H and O–H groups in total. The second-order valence-corrected chi connectivity index (χ2v) is 5.52. The van der Waals surface area contributed by atoms with Gasteiger partial charge in [-0.3, -0.25) is 0 Å². The van der Waals surface area contributed by atoms with Crippen molar-refractivity contribution in [3.63, 3.8) is 0 Å². The molecule has 1 aliphatic rings. The van der Waals surface area contributed by atoms with E-state index in [4.69, 9.17) is 0 Å². The molecule has 1 nitrogen and oxygen atoms in total. The first-order chi connectivity index (χ1) is 9.56. The number of hydrogen-bond acceptors (Lipinski definition) is 1. The second kappa shape index (κ2) is 4.67. The maximum atomic E-state index is 14.2. The maximum Gasteiger partial charge on any atom is 0.134 e. The lowest BCUT2D eigenvalue weighted by atomic mass is 9.85. The predicted molar refractivity (Wildman–Crippen MR) is 73.4 cm³/mol. The number of benzene rings is 2. The van der Waals surface area contributed by atoms with Crippen LogP contribution in [0.15, 0.2) is 42.5 Å². The fourth-order valence-electron chi connectivity index (χ4n) is 2.83. The predicted octanol–water partition coefficient (Wildman–Crippen LogP) is 4.04. The van der Waals surface area contributed by atoms with Crippen molar-refractivity contribution in [2.75, 3.05) is 0 Å². The van der Waals surface area contributed by atoms with E-state index in [2.05, 4.69) is 0 Å². The van der Waals surface area contributed by atoms with E-state index in [0.717, 1.165) is 18.4 Å².